The molecule has 1 heterocycles. The fraction of sp³-hybridized carbons (Fsp3) is 0.500. The molecule has 37 heavy (non-hydrogen) atoms. The van der Waals surface area contributed by atoms with Crippen LogP contribution in [0.2, 0.25) is 0 Å². The van der Waals surface area contributed by atoms with Crippen LogP contribution in [-0.2, 0) is 23.8 Å². The van der Waals surface area contributed by atoms with Crippen LogP contribution in [0.5, 0.6) is 0 Å². The van der Waals surface area contributed by atoms with Gasteiger partial charge in [0.15, 0.2) is 5.13 Å². The second-order valence-corrected chi connectivity index (χ2v) is 10.5. The minimum atomic E-state index is -0.500. The Morgan fingerprint density at radius 1 is 1.05 bits per heavy atom. The monoisotopic (exact) mass is 647 g/mol. The molecule has 11 nitrogen and oxygen atoms in total. The lowest BCUT2D eigenvalue weighted by Gasteiger charge is -2.19. The van der Waals surface area contributed by atoms with Gasteiger partial charge in [-0.2, -0.15) is 0 Å². The molecular formula is C24H34IN5O6S. The number of benzene rings is 1. The Morgan fingerprint density at radius 3 is 2.38 bits per heavy atom. The van der Waals surface area contributed by atoms with Gasteiger partial charge >= 0.3 is 5.97 Å². The van der Waals surface area contributed by atoms with Gasteiger partial charge in [0.25, 0.3) is 5.91 Å². The number of anilines is 4. The van der Waals surface area contributed by atoms with Gasteiger partial charge in [-0.25, -0.2) is 4.98 Å². The maximum atomic E-state index is 12.8. The van der Waals surface area contributed by atoms with Crippen molar-refractivity contribution in [2.24, 2.45) is 0 Å². The van der Waals surface area contributed by atoms with E-state index in [1.54, 1.807) is 18.2 Å². The fourth-order valence-electron chi connectivity index (χ4n) is 2.98. The lowest BCUT2D eigenvalue weighted by atomic mass is 10.1. The molecule has 2 aromatic rings. The number of aryl methyl sites for hydroxylation is 1. The van der Waals surface area contributed by atoms with Crippen molar-refractivity contribution < 1.29 is 28.6 Å². The van der Waals surface area contributed by atoms with Crippen molar-refractivity contribution >= 4 is 73.5 Å². The molecule has 1 aromatic heterocycles. The second-order valence-electron chi connectivity index (χ2n) is 8.91. The Bertz CT molecular complexity index is 1070. The lowest BCUT2D eigenvalue weighted by molar-refractivity contribution is -0.156. The Labute approximate surface area is 234 Å². The summed E-state index contributed by atoms with van der Waals surface area (Å²) in [6.07, 6.45) is 0.198. The normalized spacial score (nSPS) is 11.1. The van der Waals surface area contributed by atoms with Crippen molar-refractivity contribution in [2.75, 3.05) is 52.5 Å². The van der Waals surface area contributed by atoms with E-state index < -0.39 is 5.60 Å². The van der Waals surface area contributed by atoms with Gasteiger partial charge in [0.05, 0.1) is 72.7 Å². The molecular weight excluding hydrogens is 613 g/mol. The molecule has 0 unspecified atom stereocenters. The van der Waals surface area contributed by atoms with E-state index in [4.69, 9.17) is 14.2 Å². The number of esters is 1. The third kappa shape index (κ3) is 11.6. The predicted molar refractivity (Wildman–Crippen MR) is 154 cm³/mol. The maximum Gasteiger partial charge on any atom is 0.308 e. The van der Waals surface area contributed by atoms with Crippen molar-refractivity contribution in [1.82, 2.24) is 4.98 Å². The number of nitrogens with zero attached hydrogens (tertiary/aromatic N) is 1. The van der Waals surface area contributed by atoms with Crippen LogP contribution in [0.15, 0.2) is 18.2 Å². The average molecular weight is 648 g/mol. The molecule has 0 saturated carbocycles. The number of nitrogens with one attached hydrogen (secondary N) is 4. The molecule has 0 saturated heterocycles. The number of carbonyl (C=O) groups excluding carboxylic acids is 3. The Morgan fingerprint density at radius 2 is 1.76 bits per heavy atom. The third-order valence-electron chi connectivity index (χ3n) is 4.50. The molecule has 2 amide bonds. The number of ether oxygens (including phenoxy) is 3. The van der Waals surface area contributed by atoms with Crippen molar-refractivity contribution in [3.8, 4) is 0 Å². The molecule has 0 atom stereocenters. The standard InChI is InChI=1S/C24H34IN5O6S/c1-15-22(30-25)37-23(27-15)29-21(33)18-7-6-17(14-19(18)28-16(2)31)26-9-11-35-13-12-34-10-8-20(32)36-24(3,4)5/h6-7,14,26,30H,8-13H2,1-5H3,(H,28,31)(H,27,29,33). The smallest absolute Gasteiger partial charge is 0.308 e. The summed E-state index contributed by atoms with van der Waals surface area (Å²) in [5, 5.41) is 10.0. The highest BCUT2D eigenvalue weighted by molar-refractivity contribution is 14.1. The van der Waals surface area contributed by atoms with E-state index in [9.17, 15) is 14.4 Å². The van der Waals surface area contributed by atoms with Gasteiger partial charge in [0, 0.05) is 19.2 Å². The summed E-state index contributed by atoms with van der Waals surface area (Å²) >= 11 is 3.34. The van der Waals surface area contributed by atoms with Crippen LogP contribution < -0.4 is 19.5 Å². The van der Waals surface area contributed by atoms with Gasteiger partial charge < -0.3 is 28.4 Å². The second kappa shape index (κ2) is 15.1. The summed E-state index contributed by atoms with van der Waals surface area (Å²) in [5.41, 5.74) is 1.71. The molecule has 13 heteroatoms. The molecule has 0 fully saturated rings. The quantitative estimate of drug-likeness (QED) is 0.100. The molecule has 1 aromatic carbocycles. The first kappa shape index (κ1) is 30.7. The van der Waals surface area contributed by atoms with Crippen LogP contribution in [0, 0.1) is 6.92 Å². The highest BCUT2D eigenvalue weighted by Crippen LogP contribution is 2.30. The number of hydrogen-bond donors (Lipinski definition) is 4. The SMILES string of the molecule is CC(=O)Nc1cc(NCCOCCOCCC(=O)OC(C)(C)C)ccc1C(=O)Nc1nc(C)c(NI)s1. The molecule has 0 radical (unpaired) electrons. The van der Waals surface area contributed by atoms with E-state index in [1.807, 2.05) is 50.6 Å². The maximum absolute atomic E-state index is 12.8. The van der Waals surface area contributed by atoms with Crippen LogP contribution in [0.4, 0.5) is 21.5 Å². The van der Waals surface area contributed by atoms with Crippen molar-refractivity contribution in [2.45, 2.75) is 46.6 Å². The number of thiazole rings is 1. The summed E-state index contributed by atoms with van der Waals surface area (Å²) in [7, 11) is 0. The largest absolute Gasteiger partial charge is 0.460 e. The topological polar surface area (TPSA) is 140 Å². The highest BCUT2D eigenvalue weighted by Gasteiger charge is 2.17. The van der Waals surface area contributed by atoms with Gasteiger partial charge in [-0.05, 0) is 45.9 Å². The van der Waals surface area contributed by atoms with E-state index in [0.29, 0.717) is 42.7 Å². The molecule has 0 aliphatic heterocycles. The van der Waals surface area contributed by atoms with Gasteiger partial charge in [0.2, 0.25) is 5.91 Å². The first-order valence-corrected chi connectivity index (χ1v) is 13.6. The molecule has 0 spiro atoms. The molecule has 2 rings (SSSR count). The number of hydrogen-bond acceptors (Lipinski definition) is 10. The first-order chi connectivity index (χ1) is 17.5. The van der Waals surface area contributed by atoms with Gasteiger partial charge in [-0.1, -0.05) is 11.3 Å². The fourth-order valence-corrected chi connectivity index (χ4v) is 4.46. The summed E-state index contributed by atoms with van der Waals surface area (Å²) < 4.78 is 19.2. The molecule has 0 aliphatic carbocycles. The van der Waals surface area contributed by atoms with E-state index in [-0.39, 0.29) is 30.8 Å². The van der Waals surface area contributed by atoms with Crippen molar-refractivity contribution in [3.05, 3.63) is 29.5 Å². The summed E-state index contributed by atoms with van der Waals surface area (Å²) in [6.45, 7) is 10.7. The predicted octanol–water partition coefficient (Wildman–Crippen LogP) is 4.60. The Balaban J connectivity index is 1.78. The zero-order chi connectivity index (χ0) is 27.4. The van der Waals surface area contributed by atoms with E-state index >= 15 is 0 Å². The van der Waals surface area contributed by atoms with E-state index in [0.717, 1.165) is 16.4 Å². The summed E-state index contributed by atoms with van der Waals surface area (Å²) in [6, 6.07) is 5.09. The van der Waals surface area contributed by atoms with Crippen molar-refractivity contribution in [1.29, 1.82) is 0 Å². The summed E-state index contributed by atoms with van der Waals surface area (Å²) in [4.78, 5) is 40.5. The van der Waals surface area contributed by atoms with Gasteiger partial charge in [-0.3, -0.25) is 19.7 Å². The van der Waals surface area contributed by atoms with Gasteiger partial charge in [-0.15, -0.1) is 0 Å². The third-order valence-corrected chi connectivity index (χ3v) is 6.39. The number of halogens is 1. The minimum absolute atomic E-state index is 0.198. The minimum Gasteiger partial charge on any atom is -0.460 e. The number of carbonyl (C=O) groups is 3. The Kier molecular flexibility index (Phi) is 12.5. The van der Waals surface area contributed by atoms with Crippen LogP contribution in [0.3, 0.4) is 0 Å². The summed E-state index contributed by atoms with van der Waals surface area (Å²) in [5.74, 6) is -0.956. The number of amides is 2. The Hall–Kier alpha value is -2.49. The molecule has 204 valence electrons. The van der Waals surface area contributed by atoms with Crippen LogP contribution in [-0.4, -0.2) is 61.3 Å². The lowest BCUT2D eigenvalue weighted by Crippen LogP contribution is -2.24. The zero-order valence-corrected chi connectivity index (χ0v) is 24.6. The number of aromatic nitrogens is 1. The highest BCUT2D eigenvalue weighted by atomic mass is 127. The van der Waals surface area contributed by atoms with E-state index in [1.165, 1.54) is 18.3 Å². The zero-order valence-electron chi connectivity index (χ0n) is 21.7. The van der Waals surface area contributed by atoms with Crippen molar-refractivity contribution in [3.63, 3.8) is 0 Å². The molecule has 0 bridgehead atoms. The average Bonchev–Trinajstić information content (AvgIpc) is 3.15. The van der Waals surface area contributed by atoms with Crippen LogP contribution in [0.25, 0.3) is 0 Å². The number of rotatable bonds is 14. The van der Waals surface area contributed by atoms with E-state index in [2.05, 4.69) is 24.5 Å². The van der Waals surface area contributed by atoms with Crippen LogP contribution in [0.1, 0.15) is 50.2 Å². The molecule has 4 N–H and O–H groups in total. The van der Waals surface area contributed by atoms with Crippen LogP contribution >= 0.6 is 34.2 Å². The molecule has 0 aliphatic rings. The first-order valence-electron chi connectivity index (χ1n) is 11.7. The van der Waals surface area contributed by atoms with Gasteiger partial charge in [0.1, 0.15) is 10.6 Å².